The molecular formula is C27H32N4O6. The summed E-state index contributed by atoms with van der Waals surface area (Å²) >= 11 is 0. The van der Waals surface area contributed by atoms with Crippen LogP contribution in [0, 0.1) is 5.92 Å². The van der Waals surface area contributed by atoms with Gasteiger partial charge in [-0.1, -0.05) is 30.3 Å². The van der Waals surface area contributed by atoms with E-state index < -0.39 is 18.0 Å². The Balaban J connectivity index is 1.50. The Morgan fingerprint density at radius 1 is 1.03 bits per heavy atom. The highest BCUT2D eigenvalue weighted by atomic mass is 16.6. The van der Waals surface area contributed by atoms with Crippen LogP contribution in [-0.4, -0.2) is 81.4 Å². The molecule has 1 saturated carbocycles. The van der Waals surface area contributed by atoms with Gasteiger partial charge in [0.15, 0.2) is 11.6 Å². The van der Waals surface area contributed by atoms with Gasteiger partial charge in [-0.2, -0.15) is 0 Å². The molecule has 0 bridgehead atoms. The van der Waals surface area contributed by atoms with E-state index in [1.54, 1.807) is 17.9 Å². The number of carboxylic acid groups (broad SMARTS) is 1. The number of benzene rings is 1. The zero-order chi connectivity index (χ0) is 26.4. The molecule has 1 saturated heterocycles. The van der Waals surface area contributed by atoms with E-state index in [-0.39, 0.29) is 43.3 Å². The van der Waals surface area contributed by atoms with Crippen LogP contribution >= 0.6 is 0 Å². The number of aliphatic carboxylic acids is 1. The van der Waals surface area contributed by atoms with Crippen molar-refractivity contribution in [2.24, 2.45) is 5.92 Å². The molecule has 2 amide bonds. The number of ether oxygens (including phenoxy) is 1. The minimum Gasteiger partial charge on any atom is -0.481 e. The summed E-state index contributed by atoms with van der Waals surface area (Å²) in [4.78, 5) is 62.3. The van der Waals surface area contributed by atoms with Crippen LogP contribution in [0.3, 0.4) is 0 Å². The van der Waals surface area contributed by atoms with Crippen LogP contribution in [0.1, 0.15) is 61.1 Å². The molecule has 1 aliphatic carbocycles. The fourth-order valence-corrected chi connectivity index (χ4v) is 4.43. The van der Waals surface area contributed by atoms with Crippen LogP contribution in [0.5, 0.6) is 0 Å². The monoisotopic (exact) mass is 508 g/mol. The number of carbonyl (C=O) groups excluding carboxylic acids is 3. The third-order valence-electron chi connectivity index (χ3n) is 6.66. The van der Waals surface area contributed by atoms with Gasteiger partial charge in [0.2, 0.25) is 5.91 Å². The molecule has 4 rings (SSSR count). The van der Waals surface area contributed by atoms with E-state index in [1.165, 1.54) is 4.90 Å². The van der Waals surface area contributed by atoms with E-state index >= 15 is 0 Å². The minimum absolute atomic E-state index is 0.0457. The summed E-state index contributed by atoms with van der Waals surface area (Å²) in [6.45, 7) is 3.24. The Kier molecular flexibility index (Phi) is 8.47. The minimum atomic E-state index is -1.03. The Hall–Kier alpha value is -3.82. The first-order valence-electron chi connectivity index (χ1n) is 12.8. The Morgan fingerprint density at radius 2 is 1.70 bits per heavy atom. The van der Waals surface area contributed by atoms with Crippen molar-refractivity contribution in [2.75, 3.05) is 32.8 Å². The Morgan fingerprint density at radius 3 is 2.32 bits per heavy atom. The lowest BCUT2D eigenvalue weighted by molar-refractivity contribution is -0.139. The van der Waals surface area contributed by atoms with Crippen molar-refractivity contribution >= 4 is 23.8 Å². The summed E-state index contributed by atoms with van der Waals surface area (Å²) in [5, 5.41) is 9.23. The molecule has 0 spiro atoms. The van der Waals surface area contributed by atoms with E-state index in [9.17, 15) is 24.3 Å². The predicted molar refractivity (Wildman–Crippen MR) is 134 cm³/mol. The van der Waals surface area contributed by atoms with E-state index in [0.717, 1.165) is 24.1 Å². The van der Waals surface area contributed by atoms with Crippen molar-refractivity contribution in [1.29, 1.82) is 0 Å². The fourth-order valence-electron chi connectivity index (χ4n) is 4.43. The zero-order valence-corrected chi connectivity index (χ0v) is 21.0. The largest absolute Gasteiger partial charge is 0.481 e. The van der Waals surface area contributed by atoms with Crippen molar-refractivity contribution in [3.8, 4) is 11.4 Å². The maximum absolute atomic E-state index is 13.4. The Bertz CT molecular complexity index is 1140. The second-order valence-corrected chi connectivity index (χ2v) is 9.41. The number of rotatable bonds is 10. The van der Waals surface area contributed by atoms with Crippen LogP contribution in [-0.2, 0) is 14.3 Å². The molecular weight excluding hydrogens is 476 g/mol. The topological polar surface area (TPSA) is 130 Å². The Labute approximate surface area is 215 Å². The van der Waals surface area contributed by atoms with Crippen LogP contribution in [0.2, 0.25) is 0 Å². The van der Waals surface area contributed by atoms with Crippen molar-refractivity contribution < 1.29 is 29.0 Å². The maximum atomic E-state index is 13.4. The number of aromatic nitrogens is 2. The van der Waals surface area contributed by atoms with Gasteiger partial charge in [0.25, 0.3) is 0 Å². The number of amides is 2. The molecule has 10 heteroatoms. The van der Waals surface area contributed by atoms with Gasteiger partial charge in [-0.25, -0.2) is 14.8 Å². The lowest BCUT2D eigenvalue weighted by Gasteiger charge is -2.35. The maximum Gasteiger partial charge on any atom is 0.409 e. The average molecular weight is 509 g/mol. The highest BCUT2D eigenvalue weighted by molar-refractivity contribution is 5.97. The molecule has 2 fully saturated rings. The fraction of sp³-hybridized carbons (Fsp3) is 0.481. The number of hydrogen-bond donors (Lipinski definition) is 1. The van der Waals surface area contributed by atoms with Crippen molar-refractivity contribution in [1.82, 2.24) is 19.8 Å². The van der Waals surface area contributed by atoms with Gasteiger partial charge < -0.3 is 19.6 Å². The standard InChI is InChI=1S/C27H32N4O6/c1-2-37-27(36)31-14-12-30(13-15-31)26(35)20(10-11-24(33)34)16-23(32)22-17-21(18-8-9-18)28-25(29-22)19-6-4-3-5-7-19/h3-7,17-18,20H,2,8-16H2,1H3,(H,33,34)/t20-/m1/s1. The summed E-state index contributed by atoms with van der Waals surface area (Å²) in [5.74, 6) is -1.64. The zero-order valence-electron chi connectivity index (χ0n) is 21.0. The molecule has 37 heavy (non-hydrogen) atoms. The highest BCUT2D eigenvalue weighted by Crippen LogP contribution is 2.39. The number of hydrogen-bond acceptors (Lipinski definition) is 7. The molecule has 196 valence electrons. The molecule has 1 aromatic heterocycles. The number of ketones is 1. The average Bonchev–Trinajstić information content (AvgIpc) is 3.77. The van der Waals surface area contributed by atoms with Gasteiger partial charge in [0.05, 0.1) is 6.61 Å². The van der Waals surface area contributed by atoms with Gasteiger partial charge in [0, 0.05) is 62.1 Å². The second kappa shape index (κ2) is 11.9. The summed E-state index contributed by atoms with van der Waals surface area (Å²) in [7, 11) is 0. The lowest BCUT2D eigenvalue weighted by Crippen LogP contribution is -2.52. The normalized spacial score (nSPS) is 16.2. The van der Waals surface area contributed by atoms with Gasteiger partial charge in [-0.15, -0.1) is 0 Å². The SMILES string of the molecule is CCOC(=O)N1CCN(C(=O)[C@H](CCC(=O)O)CC(=O)c2cc(C3CC3)nc(-c3ccccc3)n2)CC1. The number of Topliss-reactive ketones (excluding diaryl/α,β-unsaturated/α-hetero) is 1. The van der Waals surface area contributed by atoms with E-state index in [4.69, 9.17) is 4.74 Å². The number of piperazine rings is 1. The molecule has 2 heterocycles. The van der Waals surface area contributed by atoms with Crippen LogP contribution < -0.4 is 0 Å². The molecule has 0 radical (unpaired) electrons. The lowest BCUT2D eigenvalue weighted by atomic mass is 9.93. The van der Waals surface area contributed by atoms with E-state index in [1.807, 2.05) is 30.3 Å². The van der Waals surface area contributed by atoms with Gasteiger partial charge in [-0.3, -0.25) is 14.4 Å². The predicted octanol–water partition coefficient (Wildman–Crippen LogP) is 3.38. The molecule has 2 aliphatic rings. The number of carbonyl (C=O) groups is 4. The van der Waals surface area contributed by atoms with Crippen molar-refractivity contribution in [2.45, 2.75) is 44.9 Å². The van der Waals surface area contributed by atoms with E-state index in [2.05, 4.69) is 9.97 Å². The van der Waals surface area contributed by atoms with Gasteiger partial charge >= 0.3 is 12.1 Å². The van der Waals surface area contributed by atoms with Crippen LogP contribution in [0.25, 0.3) is 11.4 Å². The molecule has 10 nitrogen and oxygen atoms in total. The second-order valence-electron chi connectivity index (χ2n) is 9.41. The molecule has 1 aliphatic heterocycles. The van der Waals surface area contributed by atoms with Crippen molar-refractivity contribution in [3.63, 3.8) is 0 Å². The van der Waals surface area contributed by atoms with Crippen molar-refractivity contribution in [3.05, 3.63) is 47.8 Å². The smallest absolute Gasteiger partial charge is 0.409 e. The summed E-state index contributed by atoms with van der Waals surface area (Å²) < 4.78 is 5.03. The van der Waals surface area contributed by atoms with E-state index in [0.29, 0.717) is 37.9 Å². The first kappa shape index (κ1) is 26.2. The summed E-state index contributed by atoms with van der Waals surface area (Å²) in [5.41, 5.74) is 1.87. The first-order valence-corrected chi connectivity index (χ1v) is 12.8. The number of nitrogens with zero attached hydrogens (tertiary/aromatic N) is 4. The van der Waals surface area contributed by atoms with Crippen LogP contribution in [0.15, 0.2) is 36.4 Å². The summed E-state index contributed by atoms with van der Waals surface area (Å²) in [6.07, 6.45) is 1.28. The van der Waals surface area contributed by atoms with Gasteiger partial charge in [-0.05, 0) is 32.3 Å². The number of carboxylic acids is 1. The van der Waals surface area contributed by atoms with Gasteiger partial charge in [0.1, 0.15) is 5.69 Å². The highest BCUT2D eigenvalue weighted by Gasteiger charge is 2.32. The third-order valence-corrected chi connectivity index (χ3v) is 6.66. The first-order chi connectivity index (χ1) is 17.9. The van der Waals surface area contributed by atoms with Crippen LogP contribution in [0.4, 0.5) is 4.79 Å². The molecule has 0 unspecified atom stereocenters. The molecule has 1 atom stereocenters. The summed E-state index contributed by atoms with van der Waals surface area (Å²) in [6, 6.07) is 11.1. The molecule has 1 N–H and O–H groups in total. The quantitative estimate of drug-likeness (QED) is 0.484. The molecule has 2 aromatic rings. The third kappa shape index (κ3) is 6.90. The molecule has 1 aromatic carbocycles.